The fraction of sp³-hybridized carbons (Fsp3) is 0.167. The first kappa shape index (κ1) is 13.4. The van der Waals surface area contributed by atoms with E-state index in [-0.39, 0.29) is 12.3 Å². The van der Waals surface area contributed by atoms with Gasteiger partial charge in [-0.1, -0.05) is 12.7 Å². The maximum atomic E-state index is 9.75. The molecule has 0 rings (SSSR count). The Kier molecular flexibility index (Phi) is 7.36. The van der Waals surface area contributed by atoms with Crippen molar-refractivity contribution in [1.29, 1.82) is 0 Å². The highest BCUT2D eigenvalue weighted by atomic mass is 32.2. The number of nitrogens with two attached hydrogens (primary N) is 1. The summed E-state index contributed by atoms with van der Waals surface area (Å²) in [5, 5.41) is 0.354. The second kappa shape index (κ2) is 6.56. The molecular weight excluding hydrogens is 182 g/mol. The Morgan fingerprint density at radius 1 is 1.50 bits per heavy atom. The second-order valence-corrected chi connectivity index (χ2v) is 2.94. The van der Waals surface area contributed by atoms with Crippen LogP contribution in [0.3, 0.4) is 0 Å². The van der Waals surface area contributed by atoms with Crippen LogP contribution in [0.25, 0.3) is 0 Å². The van der Waals surface area contributed by atoms with Crippen LogP contribution in [-0.4, -0.2) is 18.9 Å². The summed E-state index contributed by atoms with van der Waals surface area (Å²) >= 11 is 0. The average Bonchev–Trinajstić information content (AvgIpc) is 1.87. The molecule has 0 bridgehead atoms. The van der Waals surface area contributed by atoms with Crippen LogP contribution in [0.2, 0.25) is 0 Å². The van der Waals surface area contributed by atoms with E-state index in [4.69, 9.17) is 5.73 Å². The summed E-state index contributed by atoms with van der Waals surface area (Å²) < 4.78 is 28.0. The van der Waals surface area contributed by atoms with E-state index >= 15 is 0 Å². The summed E-state index contributed by atoms with van der Waals surface area (Å²) in [5.41, 5.74) is 4.69. The maximum absolute atomic E-state index is 9.75. The summed E-state index contributed by atoms with van der Waals surface area (Å²) in [6, 6.07) is 0. The van der Waals surface area contributed by atoms with E-state index < -0.39 is 10.1 Å². The van der Waals surface area contributed by atoms with Gasteiger partial charge in [0.15, 0.2) is 0 Å². The zero-order chi connectivity index (χ0) is 10.2. The van der Waals surface area contributed by atoms with Gasteiger partial charge in [0.1, 0.15) is 10.1 Å². The topological polar surface area (TPSA) is 100 Å². The first-order valence-corrected chi connectivity index (χ1v) is 4.28. The second-order valence-electron chi connectivity index (χ2n) is 1.62. The van der Waals surface area contributed by atoms with E-state index in [0.717, 1.165) is 0 Å². The van der Waals surface area contributed by atoms with E-state index in [0.29, 0.717) is 5.41 Å². The van der Waals surface area contributed by atoms with Gasteiger partial charge >= 0.3 is 0 Å². The zero-order valence-corrected chi connectivity index (χ0v) is 7.21. The normalized spacial score (nSPS) is 9.08. The molecule has 0 spiro atoms. The summed E-state index contributed by atoms with van der Waals surface area (Å²) in [4.78, 5) is 9.75. The van der Waals surface area contributed by atoms with Crippen molar-refractivity contribution in [3.8, 4) is 0 Å². The number of primary amides is 1. The lowest BCUT2D eigenvalue weighted by Gasteiger charge is -1.92. The predicted molar refractivity (Wildman–Crippen MR) is 43.9 cm³/mol. The highest BCUT2D eigenvalue weighted by Crippen LogP contribution is 1.75. The fourth-order valence-electron chi connectivity index (χ4n) is 0.142. The van der Waals surface area contributed by atoms with Gasteiger partial charge in [-0.15, -0.1) is 6.58 Å². The third-order valence-corrected chi connectivity index (χ3v) is 0.958. The summed E-state index contributed by atoms with van der Waals surface area (Å²) in [6.45, 7) is 6.03. The maximum Gasteiger partial charge on any atom is 0.221 e. The highest BCUT2D eigenvalue weighted by Gasteiger charge is 1.80. The van der Waals surface area contributed by atoms with Crippen molar-refractivity contribution >= 4 is 16.0 Å². The molecule has 0 heterocycles. The van der Waals surface area contributed by atoms with Gasteiger partial charge in [0.05, 0.1) is 0 Å². The fourth-order valence-corrected chi connectivity index (χ4v) is 0.142. The first-order valence-electron chi connectivity index (χ1n) is 2.81. The molecule has 0 atom stereocenters. The SMILES string of the molecule is C=CCC(N)=O.C=CS(=O)(=O)[O-]. The number of amides is 1. The molecule has 0 aliphatic heterocycles. The van der Waals surface area contributed by atoms with Gasteiger partial charge in [-0.2, -0.15) is 0 Å². The Morgan fingerprint density at radius 2 is 1.83 bits per heavy atom. The van der Waals surface area contributed by atoms with Crippen LogP contribution in [-0.2, 0) is 14.9 Å². The molecule has 5 nitrogen and oxygen atoms in total. The van der Waals surface area contributed by atoms with Crippen LogP contribution < -0.4 is 5.73 Å². The third kappa shape index (κ3) is 23.2. The molecule has 0 aliphatic carbocycles. The number of hydrogen-bond acceptors (Lipinski definition) is 4. The molecule has 0 aromatic rings. The van der Waals surface area contributed by atoms with Gasteiger partial charge in [-0.3, -0.25) is 4.79 Å². The van der Waals surface area contributed by atoms with E-state index in [1.165, 1.54) is 6.08 Å². The predicted octanol–water partition coefficient (Wildman–Crippen LogP) is -0.277. The minimum atomic E-state index is -4.15. The van der Waals surface area contributed by atoms with Crippen molar-refractivity contribution in [2.24, 2.45) is 5.73 Å². The van der Waals surface area contributed by atoms with Crippen molar-refractivity contribution in [3.63, 3.8) is 0 Å². The molecule has 0 saturated heterocycles. The molecule has 0 aliphatic rings. The Labute approximate surface area is 71.3 Å². The van der Waals surface area contributed by atoms with Crippen LogP contribution in [0.15, 0.2) is 24.6 Å². The number of rotatable bonds is 3. The Morgan fingerprint density at radius 3 is 1.83 bits per heavy atom. The third-order valence-electron chi connectivity index (χ3n) is 0.550. The molecule has 0 fully saturated rings. The minimum Gasteiger partial charge on any atom is -0.745 e. The molecule has 70 valence electrons. The molecule has 0 radical (unpaired) electrons. The van der Waals surface area contributed by atoms with Crippen molar-refractivity contribution in [1.82, 2.24) is 0 Å². The molecule has 2 N–H and O–H groups in total. The lowest BCUT2D eigenvalue weighted by atomic mass is 10.4. The molecule has 0 aromatic heterocycles. The standard InChI is InChI=1S/C4H7NO.C2H4O3S/c1-2-3-4(5)6;1-2-6(3,4)5/h2H,1,3H2,(H2,5,6);2H,1H2,(H,3,4,5)/p-1. The Balaban J connectivity index is 0. The van der Waals surface area contributed by atoms with Crippen LogP contribution in [0.1, 0.15) is 6.42 Å². The van der Waals surface area contributed by atoms with Gasteiger partial charge in [0.25, 0.3) is 0 Å². The molecule has 12 heavy (non-hydrogen) atoms. The van der Waals surface area contributed by atoms with Crippen molar-refractivity contribution in [2.45, 2.75) is 6.42 Å². The molecule has 0 aromatic carbocycles. The van der Waals surface area contributed by atoms with E-state index in [1.807, 2.05) is 0 Å². The lowest BCUT2D eigenvalue weighted by Crippen LogP contribution is -2.07. The monoisotopic (exact) mass is 192 g/mol. The average molecular weight is 192 g/mol. The number of hydrogen-bond donors (Lipinski definition) is 1. The van der Waals surface area contributed by atoms with E-state index in [9.17, 15) is 17.8 Å². The summed E-state index contributed by atoms with van der Waals surface area (Å²) in [6.07, 6.45) is 1.75. The van der Waals surface area contributed by atoms with Gasteiger partial charge < -0.3 is 10.3 Å². The van der Waals surface area contributed by atoms with Crippen LogP contribution in [0.4, 0.5) is 0 Å². The van der Waals surface area contributed by atoms with Gasteiger partial charge in [-0.25, -0.2) is 8.42 Å². The van der Waals surface area contributed by atoms with Crippen LogP contribution in [0.5, 0.6) is 0 Å². The lowest BCUT2D eigenvalue weighted by molar-refractivity contribution is -0.117. The Hall–Kier alpha value is -1.14. The molecule has 6 heteroatoms. The minimum absolute atomic E-state index is 0.278. The zero-order valence-electron chi connectivity index (χ0n) is 6.39. The van der Waals surface area contributed by atoms with Crippen LogP contribution >= 0.6 is 0 Å². The van der Waals surface area contributed by atoms with Gasteiger partial charge in [0.2, 0.25) is 5.91 Å². The number of carbonyl (C=O) groups is 1. The van der Waals surface area contributed by atoms with Gasteiger partial charge in [-0.05, 0) is 0 Å². The van der Waals surface area contributed by atoms with Crippen molar-refractivity contribution in [2.75, 3.05) is 0 Å². The summed E-state index contributed by atoms with van der Waals surface area (Å²) in [7, 11) is -4.15. The smallest absolute Gasteiger partial charge is 0.221 e. The van der Waals surface area contributed by atoms with Crippen molar-refractivity contribution in [3.05, 3.63) is 24.6 Å². The highest BCUT2D eigenvalue weighted by molar-refractivity contribution is 7.88. The molecule has 1 amide bonds. The van der Waals surface area contributed by atoms with Crippen molar-refractivity contribution < 1.29 is 17.8 Å². The molecule has 0 saturated carbocycles. The van der Waals surface area contributed by atoms with Crippen LogP contribution in [0, 0.1) is 0 Å². The molecular formula is C6H10NO4S-. The molecule has 0 unspecified atom stereocenters. The quantitative estimate of drug-likeness (QED) is 0.491. The largest absolute Gasteiger partial charge is 0.745 e. The first-order chi connectivity index (χ1) is 5.33. The van der Waals surface area contributed by atoms with Gasteiger partial charge in [0, 0.05) is 11.8 Å². The Bertz CT molecular complexity index is 243. The van der Waals surface area contributed by atoms with E-state index in [2.05, 4.69) is 13.2 Å². The number of carbonyl (C=O) groups excluding carboxylic acids is 1. The summed E-state index contributed by atoms with van der Waals surface area (Å²) in [5.74, 6) is -0.329. The van der Waals surface area contributed by atoms with E-state index in [1.54, 1.807) is 0 Å².